The van der Waals surface area contributed by atoms with Crippen molar-refractivity contribution in [3.63, 3.8) is 0 Å². The molecule has 1 aromatic carbocycles. The summed E-state index contributed by atoms with van der Waals surface area (Å²) in [6.45, 7) is 2.01. The topological polar surface area (TPSA) is 46.5 Å². The van der Waals surface area contributed by atoms with Crippen molar-refractivity contribution in [3.05, 3.63) is 29.8 Å². The van der Waals surface area contributed by atoms with Gasteiger partial charge in [-0.1, -0.05) is 19.1 Å². The largest absolute Gasteiger partial charge is 0.380 e. The fourth-order valence-corrected chi connectivity index (χ4v) is 1.17. The summed E-state index contributed by atoms with van der Waals surface area (Å²) in [4.78, 5) is 0. The molecule has 12 heavy (non-hydrogen) atoms. The van der Waals surface area contributed by atoms with E-state index in [1.165, 1.54) is 0 Å². The first-order valence-electron chi connectivity index (χ1n) is 3.60. The van der Waals surface area contributed by atoms with Gasteiger partial charge in [-0.3, -0.25) is 4.55 Å². The molecule has 0 aliphatic heterocycles. The third kappa shape index (κ3) is 2.64. The van der Waals surface area contributed by atoms with E-state index in [0.717, 1.165) is 12.0 Å². The first kappa shape index (κ1) is 9.22. The summed E-state index contributed by atoms with van der Waals surface area (Å²) in [5, 5.41) is 0. The Morgan fingerprint density at radius 1 is 1.58 bits per heavy atom. The van der Waals surface area contributed by atoms with Crippen molar-refractivity contribution >= 4 is 11.4 Å². The van der Waals surface area contributed by atoms with Crippen LogP contribution < -0.4 is 4.18 Å². The standard InChI is InChI=1S/C8H10O3S/c1-2-7-4-3-5-8(6-7)11-12(9)10/h3-6H,2H2,1H3,(H,9,10). The highest BCUT2D eigenvalue weighted by Crippen LogP contribution is 2.13. The lowest BCUT2D eigenvalue weighted by Crippen LogP contribution is -1.97. The van der Waals surface area contributed by atoms with Crippen LogP contribution in [0.4, 0.5) is 0 Å². The van der Waals surface area contributed by atoms with Gasteiger partial charge in [-0.25, -0.2) is 0 Å². The molecule has 0 aliphatic rings. The molecular weight excluding hydrogens is 176 g/mol. The molecule has 0 radical (unpaired) electrons. The van der Waals surface area contributed by atoms with Crippen molar-refractivity contribution in [1.29, 1.82) is 0 Å². The predicted molar refractivity (Wildman–Crippen MR) is 47.2 cm³/mol. The Morgan fingerprint density at radius 2 is 2.33 bits per heavy atom. The summed E-state index contributed by atoms with van der Waals surface area (Å²) in [6, 6.07) is 7.12. The Kier molecular flexibility index (Phi) is 3.25. The molecule has 0 spiro atoms. The van der Waals surface area contributed by atoms with E-state index in [0.29, 0.717) is 5.75 Å². The zero-order valence-electron chi connectivity index (χ0n) is 6.69. The summed E-state index contributed by atoms with van der Waals surface area (Å²) in [6.07, 6.45) is 0.884. The fourth-order valence-electron chi connectivity index (χ4n) is 0.900. The molecule has 0 fully saturated rings. The number of aryl methyl sites for hydroxylation is 1. The molecule has 0 heterocycles. The second kappa shape index (κ2) is 4.23. The molecule has 1 atom stereocenters. The van der Waals surface area contributed by atoms with E-state index in [9.17, 15) is 4.21 Å². The average molecular weight is 186 g/mol. The van der Waals surface area contributed by atoms with E-state index in [1.807, 2.05) is 13.0 Å². The van der Waals surface area contributed by atoms with Crippen molar-refractivity contribution in [3.8, 4) is 5.75 Å². The summed E-state index contributed by atoms with van der Waals surface area (Å²) >= 11 is -2.23. The highest BCUT2D eigenvalue weighted by molar-refractivity contribution is 7.74. The van der Waals surface area contributed by atoms with Gasteiger partial charge in [-0.15, -0.1) is 0 Å². The van der Waals surface area contributed by atoms with Gasteiger partial charge < -0.3 is 4.18 Å². The van der Waals surface area contributed by atoms with E-state index < -0.39 is 11.4 Å². The zero-order chi connectivity index (χ0) is 8.97. The molecule has 1 N–H and O–H groups in total. The smallest absolute Gasteiger partial charge is 0.357 e. The first-order valence-corrected chi connectivity index (χ1v) is 4.63. The molecule has 0 bridgehead atoms. The predicted octanol–water partition coefficient (Wildman–Crippen LogP) is 1.76. The van der Waals surface area contributed by atoms with Gasteiger partial charge in [0.25, 0.3) is 0 Å². The first-order chi connectivity index (χ1) is 5.72. The van der Waals surface area contributed by atoms with Crippen LogP contribution in [0.1, 0.15) is 12.5 Å². The second-order valence-corrected chi connectivity index (χ2v) is 2.90. The minimum absolute atomic E-state index is 0.426. The van der Waals surface area contributed by atoms with Gasteiger partial charge in [0.1, 0.15) is 5.75 Å². The third-order valence-corrected chi connectivity index (χ3v) is 1.81. The molecule has 66 valence electrons. The second-order valence-electron chi connectivity index (χ2n) is 2.30. The van der Waals surface area contributed by atoms with E-state index in [1.54, 1.807) is 18.2 Å². The van der Waals surface area contributed by atoms with Gasteiger partial charge in [-0.2, -0.15) is 4.21 Å². The van der Waals surface area contributed by atoms with Gasteiger partial charge in [0, 0.05) is 0 Å². The Balaban J connectivity index is 2.79. The minimum atomic E-state index is -2.23. The number of benzene rings is 1. The van der Waals surface area contributed by atoms with Crippen LogP contribution in [-0.4, -0.2) is 8.76 Å². The SMILES string of the molecule is CCc1cccc(OS(=O)O)c1. The van der Waals surface area contributed by atoms with Crippen LogP contribution in [0.15, 0.2) is 24.3 Å². The van der Waals surface area contributed by atoms with Crippen LogP contribution in [0.25, 0.3) is 0 Å². The maximum Gasteiger partial charge on any atom is 0.357 e. The maximum absolute atomic E-state index is 10.3. The van der Waals surface area contributed by atoms with Crippen LogP contribution in [0, 0.1) is 0 Å². The number of rotatable bonds is 3. The molecule has 1 aromatic rings. The molecule has 0 aliphatic carbocycles. The highest BCUT2D eigenvalue weighted by Gasteiger charge is 1.98. The highest BCUT2D eigenvalue weighted by atomic mass is 32.2. The Hall–Kier alpha value is -0.870. The molecule has 1 unspecified atom stereocenters. The number of hydrogen-bond donors (Lipinski definition) is 1. The monoisotopic (exact) mass is 186 g/mol. The Morgan fingerprint density at radius 3 is 2.92 bits per heavy atom. The van der Waals surface area contributed by atoms with Crippen molar-refractivity contribution < 1.29 is 12.9 Å². The summed E-state index contributed by atoms with van der Waals surface area (Å²) in [5.74, 6) is 0.426. The maximum atomic E-state index is 10.3. The normalized spacial score (nSPS) is 12.5. The minimum Gasteiger partial charge on any atom is -0.380 e. The van der Waals surface area contributed by atoms with Crippen molar-refractivity contribution in [2.75, 3.05) is 0 Å². The molecule has 0 saturated carbocycles. The molecule has 0 saturated heterocycles. The summed E-state index contributed by atoms with van der Waals surface area (Å²) in [5.41, 5.74) is 1.08. The molecule has 0 aromatic heterocycles. The van der Waals surface area contributed by atoms with E-state index in [2.05, 4.69) is 4.18 Å². The molecule has 3 nitrogen and oxygen atoms in total. The molecule has 1 rings (SSSR count). The lowest BCUT2D eigenvalue weighted by atomic mass is 10.2. The van der Waals surface area contributed by atoms with Crippen molar-refractivity contribution in [2.45, 2.75) is 13.3 Å². The summed E-state index contributed by atoms with van der Waals surface area (Å²) < 4.78 is 23.3. The van der Waals surface area contributed by atoms with Gasteiger partial charge in [0.2, 0.25) is 0 Å². The third-order valence-electron chi connectivity index (χ3n) is 1.47. The zero-order valence-corrected chi connectivity index (χ0v) is 7.50. The average Bonchev–Trinajstić information content (AvgIpc) is 2.03. The number of hydrogen-bond acceptors (Lipinski definition) is 2. The van der Waals surface area contributed by atoms with E-state index >= 15 is 0 Å². The van der Waals surface area contributed by atoms with Gasteiger partial charge in [0.15, 0.2) is 0 Å². The quantitative estimate of drug-likeness (QED) is 0.732. The lowest BCUT2D eigenvalue weighted by Gasteiger charge is -2.01. The van der Waals surface area contributed by atoms with Crippen LogP contribution >= 0.6 is 0 Å². The molecule has 0 amide bonds. The van der Waals surface area contributed by atoms with E-state index in [4.69, 9.17) is 4.55 Å². The Bertz CT molecular complexity index is 285. The Labute approximate surface area is 73.9 Å². The summed E-state index contributed by atoms with van der Waals surface area (Å²) in [7, 11) is 0. The van der Waals surface area contributed by atoms with Crippen molar-refractivity contribution in [2.24, 2.45) is 0 Å². The van der Waals surface area contributed by atoms with E-state index in [-0.39, 0.29) is 0 Å². The van der Waals surface area contributed by atoms with Crippen molar-refractivity contribution in [1.82, 2.24) is 0 Å². The van der Waals surface area contributed by atoms with Gasteiger partial charge in [-0.05, 0) is 24.1 Å². The van der Waals surface area contributed by atoms with Crippen LogP contribution in [0.5, 0.6) is 5.75 Å². The lowest BCUT2D eigenvalue weighted by molar-refractivity contribution is 0.458. The van der Waals surface area contributed by atoms with Crippen LogP contribution in [0.3, 0.4) is 0 Å². The van der Waals surface area contributed by atoms with Crippen LogP contribution in [-0.2, 0) is 17.8 Å². The van der Waals surface area contributed by atoms with Gasteiger partial charge in [0.05, 0.1) is 0 Å². The molecular formula is C8H10O3S. The van der Waals surface area contributed by atoms with Crippen LogP contribution in [0.2, 0.25) is 0 Å². The van der Waals surface area contributed by atoms with Gasteiger partial charge >= 0.3 is 11.4 Å². The fraction of sp³-hybridized carbons (Fsp3) is 0.250. The molecule has 4 heteroatoms.